The van der Waals surface area contributed by atoms with Crippen molar-refractivity contribution in [2.24, 2.45) is 5.16 Å². The lowest BCUT2D eigenvalue weighted by atomic mass is 10.1. The zero-order valence-electron chi connectivity index (χ0n) is 21.1. The summed E-state index contributed by atoms with van der Waals surface area (Å²) in [5.74, 6) is -0.458. The van der Waals surface area contributed by atoms with Crippen LogP contribution in [0.15, 0.2) is 51.4 Å². The van der Waals surface area contributed by atoms with E-state index in [-0.39, 0.29) is 34.4 Å². The van der Waals surface area contributed by atoms with Crippen LogP contribution in [0.4, 0.5) is 17.6 Å². The summed E-state index contributed by atoms with van der Waals surface area (Å²) >= 11 is 0. The second kappa shape index (κ2) is 11.6. The molecule has 14 heteroatoms. The molecule has 0 aliphatic heterocycles. The molecule has 10 nitrogen and oxygen atoms in total. The lowest BCUT2D eigenvalue weighted by Gasteiger charge is -2.18. The molecule has 0 spiro atoms. The minimum atomic E-state index is -4.51. The van der Waals surface area contributed by atoms with Crippen molar-refractivity contribution < 1.29 is 32.2 Å². The smallest absolute Gasteiger partial charge is 0.408 e. The Hall–Kier alpha value is -3.94. The Morgan fingerprint density at radius 2 is 1.92 bits per heavy atom. The summed E-state index contributed by atoms with van der Waals surface area (Å²) in [6, 6.07) is 4.78. The Labute approximate surface area is 214 Å². The maximum Gasteiger partial charge on any atom is 0.408 e. The summed E-state index contributed by atoms with van der Waals surface area (Å²) < 4.78 is 59.6. The Morgan fingerprint density at radius 3 is 2.55 bits per heavy atom. The van der Waals surface area contributed by atoms with Crippen LogP contribution in [0.1, 0.15) is 43.7 Å². The van der Waals surface area contributed by atoms with Crippen LogP contribution in [0.5, 0.6) is 5.75 Å². The first-order chi connectivity index (χ1) is 17.8. The molecule has 38 heavy (non-hydrogen) atoms. The number of ether oxygens (including phenoxy) is 1. The zero-order chi connectivity index (χ0) is 28.2. The van der Waals surface area contributed by atoms with Crippen LogP contribution in [0.2, 0.25) is 0 Å². The van der Waals surface area contributed by atoms with Gasteiger partial charge in [-0.3, -0.25) is 18.6 Å². The van der Waals surface area contributed by atoms with Gasteiger partial charge in [-0.2, -0.15) is 18.3 Å². The average molecular weight is 542 g/mol. The Bertz CT molecular complexity index is 1420. The average Bonchev–Trinajstić information content (AvgIpc) is 3.26. The lowest BCUT2D eigenvalue weighted by molar-refractivity contribution is -0.142. The van der Waals surface area contributed by atoms with Crippen molar-refractivity contribution in [3.8, 4) is 5.75 Å². The van der Waals surface area contributed by atoms with Crippen molar-refractivity contribution in [2.45, 2.75) is 58.8 Å². The Balaban J connectivity index is 2.07. The van der Waals surface area contributed by atoms with Crippen LogP contribution in [0.3, 0.4) is 0 Å². The predicted octanol–water partition coefficient (Wildman–Crippen LogP) is 2.85. The summed E-state index contributed by atoms with van der Waals surface area (Å²) in [7, 11) is 1.33. The molecule has 1 unspecified atom stereocenters. The van der Waals surface area contributed by atoms with E-state index in [9.17, 15) is 32.3 Å². The number of hydrogen-bond donors (Lipinski definition) is 1. The highest BCUT2D eigenvalue weighted by molar-refractivity contribution is 5.97. The van der Waals surface area contributed by atoms with Crippen molar-refractivity contribution in [3.05, 3.63) is 80.1 Å². The third-order valence-electron chi connectivity index (χ3n) is 5.31. The van der Waals surface area contributed by atoms with E-state index in [2.05, 4.69) is 10.3 Å². The Kier molecular flexibility index (Phi) is 8.76. The number of aromatic nitrogens is 4. The molecule has 0 saturated heterocycles. The van der Waals surface area contributed by atoms with E-state index in [1.807, 2.05) is 0 Å². The van der Waals surface area contributed by atoms with Crippen molar-refractivity contribution in [1.29, 1.82) is 0 Å². The van der Waals surface area contributed by atoms with Gasteiger partial charge in [-0.05, 0) is 45.0 Å². The first-order valence-corrected chi connectivity index (χ1v) is 11.4. The molecule has 2 heterocycles. The predicted molar refractivity (Wildman–Crippen MR) is 129 cm³/mol. The third-order valence-corrected chi connectivity index (χ3v) is 5.31. The number of alkyl halides is 3. The first-order valence-electron chi connectivity index (χ1n) is 11.4. The molecule has 1 aromatic carbocycles. The molecule has 0 aliphatic rings. The molecular weight excluding hydrogens is 514 g/mol. The first kappa shape index (κ1) is 28.6. The number of methoxy groups -OCH3 is 1. The van der Waals surface area contributed by atoms with E-state index in [1.165, 1.54) is 32.4 Å². The van der Waals surface area contributed by atoms with Gasteiger partial charge in [-0.1, -0.05) is 5.16 Å². The van der Waals surface area contributed by atoms with Gasteiger partial charge in [0, 0.05) is 18.0 Å². The molecule has 0 radical (unpaired) electrons. The van der Waals surface area contributed by atoms with Crippen LogP contribution in [-0.2, 0) is 24.5 Å². The molecule has 3 aromatic rings. The van der Waals surface area contributed by atoms with Gasteiger partial charge in [-0.15, -0.1) is 0 Å². The van der Waals surface area contributed by atoms with Crippen molar-refractivity contribution >= 4 is 5.71 Å². The highest BCUT2D eigenvalue weighted by Gasteiger charge is 2.28. The summed E-state index contributed by atoms with van der Waals surface area (Å²) in [5.41, 5.74) is -1.51. The number of benzene rings is 1. The summed E-state index contributed by atoms with van der Waals surface area (Å²) in [5, 5.41) is 18.5. The molecule has 3 rings (SSSR count). The minimum absolute atomic E-state index is 0.0255. The van der Waals surface area contributed by atoms with Gasteiger partial charge in [0.2, 0.25) is 0 Å². The normalized spacial score (nSPS) is 13.2. The third kappa shape index (κ3) is 7.09. The number of aliphatic hydroxyl groups is 1. The van der Waals surface area contributed by atoms with Gasteiger partial charge < -0.3 is 14.7 Å². The van der Waals surface area contributed by atoms with Crippen LogP contribution in [-0.4, -0.2) is 49.1 Å². The quantitative estimate of drug-likeness (QED) is 0.240. The summed E-state index contributed by atoms with van der Waals surface area (Å²) in [6.45, 7) is 2.71. The number of halogens is 4. The molecule has 206 valence electrons. The SMILES string of the molecule is COc1ccc(F)cc1C(O)Cn1cc(/C(C)=N/OC(C)C)c(=O)n(Cc2ccn(CC(F)(F)F)n2)c1=O. The maximum absolute atomic E-state index is 13.9. The van der Waals surface area contributed by atoms with Crippen LogP contribution < -0.4 is 16.0 Å². The summed E-state index contributed by atoms with van der Waals surface area (Å²) in [6.07, 6.45) is -3.98. The fraction of sp³-hybridized carbons (Fsp3) is 0.417. The van der Waals surface area contributed by atoms with Gasteiger partial charge in [0.1, 0.15) is 30.3 Å². The van der Waals surface area contributed by atoms with E-state index in [0.717, 1.165) is 27.5 Å². The van der Waals surface area contributed by atoms with Crippen LogP contribution >= 0.6 is 0 Å². The van der Waals surface area contributed by atoms with Crippen molar-refractivity contribution in [1.82, 2.24) is 18.9 Å². The van der Waals surface area contributed by atoms with Gasteiger partial charge in [0.05, 0.1) is 37.2 Å². The Morgan fingerprint density at radius 1 is 1.21 bits per heavy atom. The zero-order valence-corrected chi connectivity index (χ0v) is 21.1. The van der Waals surface area contributed by atoms with E-state index < -0.39 is 49.0 Å². The number of aliphatic hydroxyl groups excluding tert-OH is 1. The number of oxime groups is 1. The number of rotatable bonds is 10. The standard InChI is InChI=1S/C24H27F4N5O5/c1-14(2)38-30-15(3)19-11-31(12-20(34)18-9-16(25)5-6-21(18)37-4)23(36)33(22(19)35)10-17-7-8-32(29-17)13-24(26,27)28/h5-9,11,14,20,34H,10,12-13H2,1-4H3/b30-15+. The molecule has 1 N–H and O–H groups in total. The van der Waals surface area contributed by atoms with Gasteiger partial charge in [0.25, 0.3) is 5.56 Å². The van der Waals surface area contributed by atoms with E-state index >= 15 is 0 Å². The number of hydrogen-bond acceptors (Lipinski definition) is 7. The molecule has 2 aromatic heterocycles. The minimum Gasteiger partial charge on any atom is -0.496 e. The molecule has 0 bridgehead atoms. The number of nitrogens with zero attached hydrogens (tertiary/aromatic N) is 5. The highest BCUT2D eigenvalue weighted by atomic mass is 19.4. The topological polar surface area (TPSA) is 113 Å². The summed E-state index contributed by atoms with van der Waals surface area (Å²) in [4.78, 5) is 31.7. The molecule has 0 amide bonds. The van der Waals surface area contributed by atoms with Crippen molar-refractivity contribution in [2.75, 3.05) is 7.11 Å². The van der Waals surface area contributed by atoms with Crippen molar-refractivity contribution in [3.63, 3.8) is 0 Å². The van der Waals surface area contributed by atoms with Crippen LogP contribution in [0, 0.1) is 5.82 Å². The fourth-order valence-electron chi connectivity index (χ4n) is 3.58. The highest BCUT2D eigenvalue weighted by Crippen LogP contribution is 2.27. The van der Waals surface area contributed by atoms with Gasteiger partial charge >= 0.3 is 11.9 Å². The molecule has 0 fully saturated rings. The monoisotopic (exact) mass is 541 g/mol. The molecule has 0 saturated carbocycles. The van der Waals surface area contributed by atoms with Gasteiger partial charge in [0.15, 0.2) is 0 Å². The lowest BCUT2D eigenvalue weighted by Crippen LogP contribution is -2.43. The second-order valence-corrected chi connectivity index (χ2v) is 8.72. The van der Waals surface area contributed by atoms with E-state index in [4.69, 9.17) is 9.57 Å². The van der Waals surface area contributed by atoms with E-state index in [0.29, 0.717) is 4.68 Å². The van der Waals surface area contributed by atoms with Crippen LogP contribution in [0.25, 0.3) is 0 Å². The largest absolute Gasteiger partial charge is 0.496 e. The molecule has 1 atom stereocenters. The van der Waals surface area contributed by atoms with Gasteiger partial charge in [-0.25, -0.2) is 9.18 Å². The van der Waals surface area contributed by atoms with E-state index in [1.54, 1.807) is 13.8 Å². The second-order valence-electron chi connectivity index (χ2n) is 8.72. The molecular formula is C24H27F4N5O5. The molecule has 0 aliphatic carbocycles. The fourth-order valence-corrected chi connectivity index (χ4v) is 3.58. The maximum atomic E-state index is 13.9.